The molecule has 6 nitrogen and oxygen atoms in total. The number of nitrogens with two attached hydrogens (primary N) is 1. The Labute approximate surface area is 98.7 Å². The molecule has 1 atom stereocenters. The molecule has 4 N–H and O–H groups in total. The minimum atomic E-state index is -0.624. The van der Waals surface area contributed by atoms with Gasteiger partial charge in [-0.25, -0.2) is 0 Å². The zero-order chi connectivity index (χ0) is 12.6. The Morgan fingerprint density at radius 2 is 1.94 bits per heavy atom. The second-order valence-electron chi connectivity index (χ2n) is 3.20. The van der Waals surface area contributed by atoms with Crippen LogP contribution in [0.4, 0.5) is 0 Å². The highest BCUT2D eigenvalue weighted by Crippen LogP contribution is 1.97. The highest BCUT2D eigenvalue weighted by Gasteiger charge is 2.08. The molecule has 0 aliphatic heterocycles. The van der Waals surface area contributed by atoms with Crippen molar-refractivity contribution < 1.29 is 14.4 Å². The van der Waals surface area contributed by atoms with Gasteiger partial charge in [0.1, 0.15) is 0 Å². The molecule has 92 valence electrons. The minimum absolute atomic E-state index is 0.0134. The van der Waals surface area contributed by atoms with Crippen LogP contribution in [-0.4, -0.2) is 41.8 Å². The van der Waals surface area contributed by atoms with Gasteiger partial charge in [0.25, 0.3) is 0 Å². The molecular weight excluding hydrogens is 230 g/mol. The Bertz CT molecular complexity index is 269. The predicted octanol–water partition coefficient (Wildman–Crippen LogP) is -1.15. The molecule has 0 aliphatic rings. The van der Waals surface area contributed by atoms with Crippen LogP contribution < -0.4 is 16.4 Å². The molecule has 0 radical (unpaired) electrons. The van der Waals surface area contributed by atoms with Gasteiger partial charge in [0, 0.05) is 19.2 Å². The van der Waals surface area contributed by atoms with Gasteiger partial charge in [0.2, 0.25) is 11.8 Å². The summed E-state index contributed by atoms with van der Waals surface area (Å²) in [7, 11) is 0. The average molecular weight is 247 g/mol. The molecule has 0 fully saturated rings. The van der Waals surface area contributed by atoms with Crippen LogP contribution in [0, 0.1) is 0 Å². The fraction of sp³-hybridized carbons (Fsp3) is 0.667. The highest BCUT2D eigenvalue weighted by atomic mass is 32.2. The number of hydrogen-bond acceptors (Lipinski definition) is 5. The van der Waals surface area contributed by atoms with E-state index in [0.717, 1.165) is 11.8 Å². The van der Waals surface area contributed by atoms with Gasteiger partial charge in [-0.2, -0.15) is 0 Å². The lowest BCUT2D eigenvalue weighted by molar-refractivity contribution is -0.126. The van der Waals surface area contributed by atoms with Crippen molar-refractivity contribution >= 4 is 28.7 Å². The number of thioether (sulfide) groups is 1. The molecule has 0 spiro atoms. The van der Waals surface area contributed by atoms with Crippen molar-refractivity contribution in [2.24, 2.45) is 5.73 Å². The second-order valence-corrected chi connectivity index (χ2v) is 4.47. The number of nitrogens with one attached hydrogen (secondary N) is 2. The lowest BCUT2D eigenvalue weighted by atomic mass is 10.3. The smallest absolute Gasteiger partial charge is 0.239 e. The van der Waals surface area contributed by atoms with Crippen LogP contribution in [0.3, 0.4) is 0 Å². The van der Waals surface area contributed by atoms with Crippen molar-refractivity contribution in [3.63, 3.8) is 0 Å². The van der Waals surface area contributed by atoms with Crippen LogP contribution in [0.5, 0.6) is 0 Å². The molecule has 0 rings (SSSR count). The number of hydrogen-bond donors (Lipinski definition) is 3. The van der Waals surface area contributed by atoms with Crippen LogP contribution in [0.1, 0.15) is 13.8 Å². The van der Waals surface area contributed by atoms with Gasteiger partial charge >= 0.3 is 0 Å². The molecule has 0 unspecified atom stereocenters. The molecule has 0 aliphatic carbocycles. The van der Waals surface area contributed by atoms with Gasteiger partial charge in [0.05, 0.1) is 12.6 Å². The lowest BCUT2D eigenvalue weighted by Gasteiger charge is -2.07. The quantitative estimate of drug-likeness (QED) is 0.514. The van der Waals surface area contributed by atoms with E-state index >= 15 is 0 Å². The molecule has 0 aromatic carbocycles. The molecule has 0 saturated carbocycles. The van der Waals surface area contributed by atoms with Crippen LogP contribution in [0.2, 0.25) is 0 Å². The third-order valence-electron chi connectivity index (χ3n) is 1.57. The van der Waals surface area contributed by atoms with Gasteiger partial charge < -0.3 is 16.4 Å². The summed E-state index contributed by atoms with van der Waals surface area (Å²) in [5.41, 5.74) is 5.29. The maximum Gasteiger partial charge on any atom is 0.239 e. The number of carbonyl (C=O) groups excluding carboxylic acids is 3. The van der Waals surface area contributed by atoms with Crippen molar-refractivity contribution in [3.05, 3.63) is 0 Å². The molecule has 0 aromatic rings. The van der Waals surface area contributed by atoms with Gasteiger partial charge in [0.15, 0.2) is 5.12 Å². The predicted molar refractivity (Wildman–Crippen MR) is 62.8 cm³/mol. The van der Waals surface area contributed by atoms with E-state index in [1.807, 2.05) is 0 Å². The summed E-state index contributed by atoms with van der Waals surface area (Å²) in [6, 6.07) is -0.624. The number of carbonyl (C=O) groups is 3. The molecule has 0 saturated heterocycles. The summed E-state index contributed by atoms with van der Waals surface area (Å²) in [5, 5.41) is 4.96. The van der Waals surface area contributed by atoms with E-state index in [4.69, 9.17) is 5.73 Å². The van der Waals surface area contributed by atoms with E-state index in [0.29, 0.717) is 12.3 Å². The van der Waals surface area contributed by atoms with Gasteiger partial charge in [-0.1, -0.05) is 11.8 Å². The Hall–Kier alpha value is -1.08. The van der Waals surface area contributed by atoms with Crippen molar-refractivity contribution in [1.82, 2.24) is 10.6 Å². The SMILES string of the molecule is CC(=O)SCCNC(=O)CNC(=O)[C@@H](C)N. The Morgan fingerprint density at radius 1 is 1.31 bits per heavy atom. The van der Waals surface area contributed by atoms with Gasteiger partial charge in [-0.05, 0) is 6.92 Å². The fourth-order valence-electron chi connectivity index (χ4n) is 0.776. The molecule has 0 heterocycles. The lowest BCUT2D eigenvalue weighted by Crippen LogP contribution is -2.43. The van der Waals surface area contributed by atoms with Crippen molar-refractivity contribution in [1.29, 1.82) is 0 Å². The van der Waals surface area contributed by atoms with Crippen LogP contribution >= 0.6 is 11.8 Å². The average Bonchev–Trinajstić information content (AvgIpc) is 2.20. The maximum absolute atomic E-state index is 11.2. The Morgan fingerprint density at radius 3 is 2.44 bits per heavy atom. The standard InChI is InChI=1S/C9H17N3O3S/c1-6(10)9(15)12-5-8(14)11-3-4-16-7(2)13/h6H,3-5,10H2,1-2H3,(H,11,14)(H,12,15)/t6-/m1/s1. The van der Waals surface area contributed by atoms with E-state index in [-0.39, 0.29) is 23.5 Å². The minimum Gasteiger partial charge on any atom is -0.354 e. The zero-order valence-electron chi connectivity index (χ0n) is 9.41. The second kappa shape index (κ2) is 8.12. The first-order valence-electron chi connectivity index (χ1n) is 4.87. The van der Waals surface area contributed by atoms with Crippen molar-refractivity contribution in [3.8, 4) is 0 Å². The zero-order valence-corrected chi connectivity index (χ0v) is 10.2. The van der Waals surface area contributed by atoms with Crippen LogP contribution in [0.15, 0.2) is 0 Å². The Kier molecular flexibility index (Phi) is 7.57. The third-order valence-corrected chi connectivity index (χ3v) is 2.38. The Balaban J connectivity index is 3.52. The summed E-state index contributed by atoms with van der Waals surface area (Å²) in [4.78, 5) is 32.7. The maximum atomic E-state index is 11.2. The number of amides is 2. The summed E-state index contributed by atoms with van der Waals surface area (Å²) in [6.45, 7) is 3.31. The first-order chi connectivity index (χ1) is 7.43. The monoisotopic (exact) mass is 247 g/mol. The van der Waals surface area contributed by atoms with Crippen molar-refractivity contribution in [2.75, 3.05) is 18.8 Å². The number of rotatable bonds is 6. The van der Waals surface area contributed by atoms with Gasteiger partial charge in [-0.15, -0.1) is 0 Å². The van der Waals surface area contributed by atoms with Crippen molar-refractivity contribution in [2.45, 2.75) is 19.9 Å². The third kappa shape index (κ3) is 8.25. The first-order valence-corrected chi connectivity index (χ1v) is 5.85. The summed E-state index contributed by atoms with van der Waals surface area (Å²) >= 11 is 1.14. The summed E-state index contributed by atoms with van der Waals surface area (Å²) in [5.74, 6) is -0.131. The molecule has 2 amide bonds. The highest BCUT2D eigenvalue weighted by molar-refractivity contribution is 8.13. The van der Waals surface area contributed by atoms with E-state index in [2.05, 4.69) is 10.6 Å². The van der Waals surface area contributed by atoms with Gasteiger partial charge in [-0.3, -0.25) is 14.4 Å². The normalized spacial score (nSPS) is 11.7. The van der Waals surface area contributed by atoms with Crippen LogP contribution in [-0.2, 0) is 14.4 Å². The molecule has 16 heavy (non-hydrogen) atoms. The van der Waals surface area contributed by atoms with Crippen LogP contribution in [0.25, 0.3) is 0 Å². The molecule has 0 aromatic heterocycles. The largest absolute Gasteiger partial charge is 0.354 e. The first kappa shape index (κ1) is 14.9. The molecular formula is C9H17N3O3S. The molecule has 7 heteroatoms. The summed E-state index contributed by atoms with van der Waals surface area (Å²) in [6.07, 6.45) is 0. The van der Waals surface area contributed by atoms with E-state index in [9.17, 15) is 14.4 Å². The topological polar surface area (TPSA) is 101 Å². The van der Waals surface area contributed by atoms with E-state index in [1.165, 1.54) is 13.8 Å². The van der Waals surface area contributed by atoms with E-state index < -0.39 is 6.04 Å². The fourth-order valence-corrected chi connectivity index (χ4v) is 1.27. The summed E-state index contributed by atoms with van der Waals surface area (Å²) < 4.78 is 0. The van der Waals surface area contributed by atoms with E-state index in [1.54, 1.807) is 0 Å². The molecule has 0 bridgehead atoms.